The highest BCUT2D eigenvalue weighted by atomic mass is 16.5. The summed E-state index contributed by atoms with van der Waals surface area (Å²) < 4.78 is 5.35. The van der Waals surface area contributed by atoms with Crippen molar-refractivity contribution in [1.29, 1.82) is 0 Å². The Morgan fingerprint density at radius 2 is 1.95 bits per heavy atom. The summed E-state index contributed by atoms with van der Waals surface area (Å²) >= 11 is 0. The number of amides is 1. The molecular weight excluding hydrogens is 278 g/mol. The lowest BCUT2D eigenvalue weighted by atomic mass is 10.1. The van der Waals surface area contributed by atoms with Gasteiger partial charge in [-0.2, -0.15) is 0 Å². The number of nitrogens with zero attached hydrogens (tertiary/aromatic N) is 2. The fraction of sp³-hybridized carbons (Fsp3) is 0.294. The van der Waals surface area contributed by atoms with Crippen LogP contribution in [0.5, 0.6) is 0 Å². The molecular formula is C17H19N3O2. The van der Waals surface area contributed by atoms with Crippen molar-refractivity contribution in [2.24, 2.45) is 0 Å². The van der Waals surface area contributed by atoms with Crippen LogP contribution in [-0.4, -0.2) is 37.2 Å². The van der Waals surface area contributed by atoms with E-state index < -0.39 is 0 Å². The highest BCUT2D eigenvalue weighted by molar-refractivity contribution is 5.94. The van der Waals surface area contributed by atoms with Crippen molar-refractivity contribution in [2.75, 3.05) is 31.2 Å². The van der Waals surface area contributed by atoms with Gasteiger partial charge in [0.15, 0.2) is 0 Å². The first-order valence-electron chi connectivity index (χ1n) is 7.43. The van der Waals surface area contributed by atoms with Crippen LogP contribution in [0.3, 0.4) is 0 Å². The monoisotopic (exact) mass is 297 g/mol. The van der Waals surface area contributed by atoms with E-state index in [0.29, 0.717) is 12.1 Å². The molecule has 114 valence electrons. The Kier molecular flexibility index (Phi) is 4.65. The predicted molar refractivity (Wildman–Crippen MR) is 84.9 cm³/mol. The van der Waals surface area contributed by atoms with Gasteiger partial charge >= 0.3 is 0 Å². The maximum atomic E-state index is 12.1. The standard InChI is InChI=1S/C17H19N3O2/c21-17(19-13-14-2-1-7-18-12-14)15-3-5-16(6-4-15)20-8-10-22-11-9-20/h1-7,12H,8-11,13H2,(H,19,21). The van der Waals surface area contributed by atoms with Crippen molar-refractivity contribution in [3.8, 4) is 0 Å². The molecule has 0 bridgehead atoms. The molecule has 1 saturated heterocycles. The zero-order valence-corrected chi connectivity index (χ0v) is 12.4. The normalized spacial score (nSPS) is 14.6. The zero-order valence-electron chi connectivity index (χ0n) is 12.4. The second-order valence-electron chi connectivity index (χ2n) is 5.19. The third-order valence-electron chi connectivity index (χ3n) is 3.68. The molecule has 2 aromatic rings. The average molecular weight is 297 g/mol. The fourth-order valence-corrected chi connectivity index (χ4v) is 2.43. The van der Waals surface area contributed by atoms with Crippen LogP contribution in [0.15, 0.2) is 48.8 Å². The molecule has 1 aromatic carbocycles. The van der Waals surface area contributed by atoms with Crippen molar-refractivity contribution >= 4 is 11.6 Å². The SMILES string of the molecule is O=C(NCc1cccnc1)c1ccc(N2CCOCC2)cc1. The number of rotatable bonds is 4. The van der Waals surface area contributed by atoms with Crippen molar-refractivity contribution in [1.82, 2.24) is 10.3 Å². The van der Waals surface area contributed by atoms with Gasteiger partial charge in [-0.1, -0.05) is 6.07 Å². The van der Waals surface area contributed by atoms with Gasteiger partial charge in [-0.3, -0.25) is 9.78 Å². The Morgan fingerprint density at radius 1 is 1.18 bits per heavy atom. The summed E-state index contributed by atoms with van der Waals surface area (Å²) in [6, 6.07) is 11.5. The lowest BCUT2D eigenvalue weighted by molar-refractivity contribution is 0.0951. The molecule has 0 atom stereocenters. The smallest absolute Gasteiger partial charge is 0.251 e. The number of pyridine rings is 1. The number of hydrogen-bond acceptors (Lipinski definition) is 4. The largest absolute Gasteiger partial charge is 0.378 e. The number of ether oxygens (including phenoxy) is 1. The van der Waals surface area contributed by atoms with Crippen molar-refractivity contribution < 1.29 is 9.53 Å². The zero-order chi connectivity index (χ0) is 15.2. The molecule has 0 spiro atoms. The van der Waals surface area contributed by atoms with Gasteiger partial charge in [0.1, 0.15) is 0 Å². The first-order chi connectivity index (χ1) is 10.8. The summed E-state index contributed by atoms with van der Waals surface area (Å²) in [5.41, 5.74) is 2.79. The summed E-state index contributed by atoms with van der Waals surface area (Å²) in [4.78, 5) is 18.4. The Bertz CT molecular complexity index is 608. The third-order valence-corrected chi connectivity index (χ3v) is 3.68. The maximum Gasteiger partial charge on any atom is 0.251 e. The van der Waals surface area contributed by atoms with Crippen LogP contribution in [0.2, 0.25) is 0 Å². The second-order valence-corrected chi connectivity index (χ2v) is 5.19. The van der Waals surface area contributed by atoms with E-state index in [0.717, 1.165) is 37.6 Å². The quantitative estimate of drug-likeness (QED) is 0.936. The van der Waals surface area contributed by atoms with Crippen LogP contribution in [0, 0.1) is 0 Å². The molecule has 0 unspecified atom stereocenters. The van der Waals surface area contributed by atoms with E-state index in [1.165, 1.54) is 0 Å². The molecule has 1 amide bonds. The fourth-order valence-electron chi connectivity index (χ4n) is 2.43. The van der Waals surface area contributed by atoms with Crippen LogP contribution in [-0.2, 0) is 11.3 Å². The van der Waals surface area contributed by atoms with Gasteiger partial charge in [0.2, 0.25) is 0 Å². The molecule has 1 aromatic heterocycles. The number of carbonyl (C=O) groups excluding carboxylic acids is 1. The number of hydrogen-bond donors (Lipinski definition) is 1. The predicted octanol–water partition coefficient (Wildman–Crippen LogP) is 1.85. The maximum absolute atomic E-state index is 12.1. The van der Waals surface area contributed by atoms with Gasteiger partial charge < -0.3 is 15.0 Å². The third kappa shape index (κ3) is 3.62. The van der Waals surface area contributed by atoms with Crippen LogP contribution in [0.1, 0.15) is 15.9 Å². The van der Waals surface area contributed by atoms with Gasteiger partial charge in [-0.25, -0.2) is 0 Å². The summed E-state index contributed by atoms with van der Waals surface area (Å²) in [6.45, 7) is 3.79. The molecule has 5 nitrogen and oxygen atoms in total. The molecule has 1 aliphatic heterocycles. The van der Waals surface area contributed by atoms with Gasteiger partial charge in [0.25, 0.3) is 5.91 Å². The summed E-state index contributed by atoms with van der Waals surface area (Å²) in [7, 11) is 0. The lowest BCUT2D eigenvalue weighted by Gasteiger charge is -2.28. The highest BCUT2D eigenvalue weighted by Crippen LogP contribution is 2.16. The van der Waals surface area contributed by atoms with Crippen LogP contribution in [0.4, 0.5) is 5.69 Å². The van der Waals surface area contributed by atoms with E-state index in [2.05, 4.69) is 15.2 Å². The van der Waals surface area contributed by atoms with Crippen LogP contribution >= 0.6 is 0 Å². The topological polar surface area (TPSA) is 54.5 Å². The minimum atomic E-state index is -0.0719. The average Bonchev–Trinajstić information content (AvgIpc) is 2.61. The molecule has 2 heterocycles. The molecule has 0 saturated carbocycles. The van der Waals surface area contributed by atoms with Gasteiger partial charge in [0, 0.05) is 43.3 Å². The van der Waals surface area contributed by atoms with E-state index in [4.69, 9.17) is 4.74 Å². The molecule has 5 heteroatoms. The van der Waals surface area contributed by atoms with E-state index in [1.54, 1.807) is 12.4 Å². The molecule has 22 heavy (non-hydrogen) atoms. The van der Waals surface area contributed by atoms with E-state index in [1.807, 2.05) is 36.4 Å². The van der Waals surface area contributed by atoms with Crippen molar-refractivity contribution in [2.45, 2.75) is 6.54 Å². The Hall–Kier alpha value is -2.40. The minimum absolute atomic E-state index is 0.0719. The van der Waals surface area contributed by atoms with Gasteiger partial charge in [-0.05, 0) is 35.9 Å². The molecule has 1 N–H and O–H groups in total. The Balaban J connectivity index is 1.58. The highest BCUT2D eigenvalue weighted by Gasteiger charge is 2.12. The Labute approximate surface area is 129 Å². The first kappa shape index (κ1) is 14.5. The lowest BCUT2D eigenvalue weighted by Crippen LogP contribution is -2.36. The van der Waals surface area contributed by atoms with E-state index in [-0.39, 0.29) is 5.91 Å². The number of anilines is 1. The van der Waals surface area contributed by atoms with Crippen molar-refractivity contribution in [3.05, 3.63) is 59.9 Å². The van der Waals surface area contributed by atoms with Gasteiger partial charge in [-0.15, -0.1) is 0 Å². The van der Waals surface area contributed by atoms with Crippen LogP contribution in [0.25, 0.3) is 0 Å². The number of nitrogens with one attached hydrogen (secondary N) is 1. The summed E-state index contributed by atoms with van der Waals surface area (Å²) in [5, 5.41) is 2.90. The molecule has 1 aliphatic rings. The number of aromatic nitrogens is 1. The van der Waals surface area contributed by atoms with E-state index in [9.17, 15) is 4.79 Å². The molecule has 0 radical (unpaired) electrons. The van der Waals surface area contributed by atoms with E-state index >= 15 is 0 Å². The summed E-state index contributed by atoms with van der Waals surface area (Å²) in [6.07, 6.45) is 3.47. The van der Waals surface area contributed by atoms with Crippen molar-refractivity contribution in [3.63, 3.8) is 0 Å². The molecule has 1 fully saturated rings. The Morgan fingerprint density at radius 3 is 2.64 bits per heavy atom. The minimum Gasteiger partial charge on any atom is -0.378 e. The first-order valence-corrected chi connectivity index (χ1v) is 7.43. The molecule has 0 aliphatic carbocycles. The molecule has 3 rings (SSSR count). The number of morpholine rings is 1. The second kappa shape index (κ2) is 7.04. The summed E-state index contributed by atoms with van der Waals surface area (Å²) in [5.74, 6) is -0.0719. The van der Waals surface area contributed by atoms with Gasteiger partial charge in [0.05, 0.1) is 13.2 Å². The number of carbonyl (C=O) groups is 1. The number of benzene rings is 1. The van der Waals surface area contributed by atoms with Crippen LogP contribution < -0.4 is 10.2 Å².